The molecule has 0 aliphatic rings. The van der Waals surface area contributed by atoms with Crippen molar-refractivity contribution in [2.24, 2.45) is 0 Å². The van der Waals surface area contributed by atoms with Gasteiger partial charge in [-0.2, -0.15) is 0 Å². The lowest BCUT2D eigenvalue weighted by molar-refractivity contribution is 0.337. The van der Waals surface area contributed by atoms with E-state index in [0.29, 0.717) is 11.7 Å². The lowest BCUT2D eigenvalue weighted by Gasteiger charge is -2.03. The van der Waals surface area contributed by atoms with Crippen LogP contribution in [0.2, 0.25) is 0 Å². The molecular weight excluding hydrogens is 238 g/mol. The van der Waals surface area contributed by atoms with Gasteiger partial charge in [-0.25, -0.2) is 4.98 Å². The summed E-state index contributed by atoms with van der Waals surface area (Å²) in [6.07, 6.45) is 1.69. The molecule has 0 atom stereocenters. The van der Waals surface area contributed by atoms with Crippen molar-refractivity contribution in [1.82, 2.24) is 4.98 Å². The van der Waals surface area contributed by atoms with E-state index in [-0.39, 0.29) is 0 Å². The van der Waals surface area contributed by atoms with Crippen LogP contribution >= 0.6 is 28.1 Å². The Morgan fingerprint density at radius 3 is 3.08 bits per heavy atom. The lowest BCUT2D eigenvalue weighted by atomic mass is 10.3. The van der Waals surface area contributed by atoms with Crippen LogP contribution in [0.25, 0.3) is 0 Å². The third-order valence-electron chi connectivity index (χ3n) is 1.24. The van der Waals surface area contributed by atoms with E-state index in [0.717, 1.165) is 10.2 Å². The molecule has 0 spiro atoms. The number of hydrogen-bond acceptors (Lipinski definition) is 3. The molecule has 0 amide bonds. The van der Waals surface area contributed by atoms with Crippen molar-refractivity contribution in [2.75, 3.05) is 6.61 Å². The predicted octanol–water partition coefficient (Wildman–Crippen LogP) is 2.56. The van der Waals surface area contributed by atoms with Gasteiger partial charge in [-0.1, -0.05) is 0 Å². The molecule has 0 unspecified atom stereocenters. The molecule has 0 aromatic carbocycles. The highest BCUT2D eigenvalue weighted by atomic mass is 79.9. The van der Waals surface area contributed by atoms with Crippen molar-refractivity contribution in [3.63, 3.8) is 0 Å². The summed E-state index contributed by atoms with van der Waals surface area (Å²) in [5, 5.41) is 0.514. The molecule has 1 rings (SSSR count). The standard InChI is InChI=1S/C8H8BrNOS/c1-2-11-8(12)6-3-4-10-7(9)5-6/h3-5H,2H2,1H3. The zero-order valence-corrected chi connectivity index (χ0v) is 8.98. The highest BCUT2D eigenvalue weighted by Gasteiger charge is 2.01. The SMILES string of the molecule is CCOC(=S)c1ccnc(Br)c1. The zero-order valence-electron chi connectivity index (χ0n) is 6.58. The summed E-state index contributed by atoms with van der Waals surface area (Å²) in [4.78, 5) is 3.98. The molecule has 1 aromatic heterocycles. The van der Waals surface area contributed by atoms with Crippen LogP contribution in [0.3, 0.4) is 0 Å². The second-order valence-electron chi connectivity index (χ2n) is 2.09. The zero-order chi connectivity index (χ0) is 8.97. The highest BCUT2D eigenvalue weighted by Crippen LogP contribution is 2.09. The predicted molar refractivity (Wildman–Crippen MR) is 55.3 cm³/mol. The van der Waals surface area contributed by atoms with Gasteiger partial charge in [0.25, 0.3) is 0 Å². The quantitative estimate of drug-likeness (QED) is 0.591. The molecule has 2 nitrogen and oxygen atoms in total. The van der Waals surface area contributed by atoms with Gasteiger partial charge in [-0.15, -0.1) is 0 Å². The monoisotopic (exact) mass is 245 g/mol. The number of ether oxygens (including phenoxy) is 1. The average molecular weight is 246 g/mol. The van der Waals surface area contributed by atoms with E-state index in [4.69, 9.17) is 17.0 Å². The van der Waals surface area contributed by atoms with E-state index < -0.39 is 0 Å². The Balaban J connectivity index is 2.81. The Hall–Kier alpha value is -0.480. The van der Waals surface area contributed by atoms with Gasteiger partial charge in [0.2, 0.25) is 0 Å². The van der Waals surface area contributed by atoms with Crippen molar-refractivity contribution >= 4 is 33.2 Å². The summed E-state index contributed by atoms with van der Waals surface area (Å²) in [7, 11) is 0. The third-order valence-corrected chi connectivity index (χ3v) is 2.02. The van der Waals surface area contributed by atoms with Gasteiger partial charge in [0.05, 0.1) is 6.61 Å². The number of hydrogen-bond donors (Lipinski definition) is 0. The van der Waals surface area contributed by atoms with Gasteiger partial charge in [-0.3, -0.25) is 0 Å². The van der Waals surface area contributed by atoms with Crippen LogP contribution in [-0.4, -0.2) is 16.6 Å². The van der Waals surface area contributed by atoms with Gasteiger partial charge in [0.1, 0.15) is 4.60 Å². The Morgan fingerprint density at radius 2 is 2.50 bits per heavy atom. The third kappa shape index (κ3) is 2.53. The van der Waals surface area contributed by atoms with E-state index in [2.05, 4.69) is 20.9 Å². The summed E-state index contributed by atoms with van der Waals surface area (Å²) in [6.45, 7) is 2.50. The minimum absolute atomic E-state index is 0.514. The molecule has 1 heterocycles. The molecule has 64 valence electrons. The van der Waals surface area contributed by atoms with Gasteiger partial charge >= 0.3 is 0 Å². The van der Waals surface area contributed by atoms with E-state index in [9.17, 15) is 0 Å². The Morgan fingerprint density at radius 1 is 1.75 bits per heavy atom. The average Bonchev–Trinajstić information content (AvgIpc) is 2.05. The van der Waals surface area contributed by atoms with Gasteiger partial charge in [0, 0.05) is 11.8 Å². The van der Waals surface area contributed by atoms with E-state index in [1.165, 1.54) is 0 Å². The molecule has 0 fully saturated rings. The van der Waals surface area contributed by atoms with Crippen LogP contribution in [0.4, 0.5) is 0 Å². The molecule has 0 saturated heterocycles. The molecule has 0 N–H and O–H groups in total. The van der Waals surface area contributed by atoms with Crippen LogP contribution in [0.15, 0.2) is 22.9 Å². The van der Waals surface area contributed by atoms with Gasteiger partial charge in [-0.05, 0) is 47.2 Å². The van der Waals surface area contributed by atoms with Crippen LogP contribution in [0.5, 0.6) is 0 Å². The summed E-state index contributed by atoms with van der Waals surface area (Å²) < 4.78 is 5.93. The molecule has 1 aromatic rings. The first-order valence-corrected chi connectivity index (χ1v) is 4.73. The maximum atomic E-state index is 5.17. The maximum Gasteiger partial charge on any atom is 0.191 e. The fourth-order valence-corrected chi connectivity index (χ4v) is 1.35. The minimum atomic E-state index is 0.514. The maximum absolute atomic E-state index is 5.17. The van der Waals surface area contributed by atoms with Crippen LogP contribution < -0.4 is 0 Å². The van der Waals surface area contributed by atoms with E-state index in [1.54, 1.807) is 6.20 Å². The van der Waals surface area contributed by atoms with E-state index in [1.807, 2.05) is 19.1 Å². The first-order valence-electron chi connectivity index (χ1n) is 3.52. The number of aromatic nitrogens is 1. The largest absolute Gasteiger partial charge is 0.483 e. The highest BCUT2D eigenvalue weighted by molar-refractivity contribution is 9.10. The second kappa shape index (κ2) is 4.52. The summed E-state index contributed by atoms with van der Waals surface area (Å²) >= 11 is 8.26. The summed E-state index contributed by atoms with van der Waals surface area (Å²) in [5.41, 5.74) is 0.883. The van der Waals surface area contributed by atoms with Crippen molar-refractivity contribution < 1.29 is 4.74 Å². The normalized spacial score (nSPS) is 9.50. The number of halogens is 1. The topological polar surface area (TPSA) is 22.1 Å². The molecule has 0 aliphatic carbocycles. The van der Waals surface area contributed by atoms with Crippen LogP contribution in [0, 0.1) is 0 Å². The smallest absolute Gasteiger partial charge is 0.191 e. The molecule has 0 aliphatic heterocycles. The number of rotatable bonds is 2. The molecule has 0 saturated carbocycles. The number of nitrogens with zero attached hydrogens (tertiary/aromatic N) is 1. The van der Waals surface area contributed by atoms with Crippen LogP contribution in [0.1, 0.15) is 12.5 Å². The summed E-state index contributed by atoms with van der Waals surface area (Å²) in [5.74, 6) is 0. The fraction of sp³-hybridized carbons (Fsp3) is 0.250. The Labute approximate surface area is 85.1 Å². The van der Waals surface area contributed by atoms with Crippen molar-refractivity contribution in [3.8, 4) is 0 Å². The second-order valence-corrected chi connectivity index (χ2v) is 3.27. The van der Waals surface area contributed by atoms with Crippen molar-refractivity contribution in [3.05, 3.63) is 28.5 Å². The molecule has 12 heavy (non-hydrogen) atoms. The number of thiocarbonyl (C=S) groups is 1. The number of pyridine rings is 1. The Kier molecular flexibility index (Phi) is 3.62. The fourth-order valence-electron chi connectivity index (χ4n) is 0.744. The molecule has 0 radical (unpaired) electrons. The molecular formula is C8H8BrNOS. The van der Waals surface area contributed by atoms with Gasteiger partial charge < -0.3 is 4.74 Å². The van der Waals surface area contributed by atoms with Crippen LogP contribution in [-0.2, 0) is 4.74 Å². The van der Waals surface area contributed by atoms with Crippen molar-refractivity contribution in [1.29, 1.82) is 0 Å². The molecule has 0 bridgehead atoms. The molecule has 4 heteroatoms. The van der Waals surface area contributed by atoms with Crippen molar-refractivity contribution in [2.45, 2.75) is 6.92 Å². The van der Waals surface area contributed by atoms with E-state index >= 15 is 0 Å². The van der Waals surface area contributed by atoms with Gasteiger partial charge in [0.15, 0.2) is 5.05 Å². The Bertz CT molecular complexity index is 290. The summed E-state index contributed by atoms with van der Waals surface area (Å²) in [6, 6.07) is 3.65. The lowest BCUT2D eigenvalue weighted by Crippen LogP contribution is -2.02. The first-order chi connectivity index (χ1) is 5.74. The minimum Gasteiger partial charge on any atom is -0.483 e. The first kappa shape index (κ1) is 9.61.